The minimum absolute atomic E-state index is 0.174. The normalized spacial score (nSPS) is 20.3. The van der Waals surface area contributed by atoms with Gasteiger partial charge in [0.1, 0.15) is 0 Å². The van der Waals surface area contributed by atoms with Gasteiger partial charge in [-0.25, -0.2) is 0 Å². The summed E-state index contributed by atoms with van der Waals surface area (Å²) in [5, 5.41) is 20.0. The van der Waals surface area contributed by atoms with Crippen molar-refractivity contribution in [3.63, 3.8) is 0 Å². The van der Waals surface area contributed by atoms with Gasteiger partial charge in [-0.3, -0.25) is 0 Å². The lowest BCUT2D eigenvalue weighted by Gasteiger charge is -2.31. The summed E-state index contributed by atoms with van der Waals surface area (Å²) >= 11 is 0. The Kier molecular flexibility index (Phi) is 4.58. The van der Waals surface area contributed by atoms with Gasteiger partial charge in [0.05, 0.1) is 23.2 Å². The fourth-order valence-electron chi connectivity index (χ4n) is 3.01. The van der Waals surface area contributed by atoms with E-state index in [1.54, 1.807) is 0 Å². The van der Waals surface area contributed by atoms with E-state index in [4.69, 9.17) is 0 Å². The van der Waals surface area contributed by atoms with Gasteiger partial charge in [0.25, 0.3) is 0 Å². The number of alkyl halides is 3. The Hall–Kier alpha value is -1.54. The van der Waals surface area contributed by atoms with Gasteiger partial charge in [0.2, 0.25) is 0 Å². The fourth-order valence-corrected chi connectivity index (χ4v) is 3.01. The van der Waals surface area contributed by atoms with Gasteiger partial charge >= 0.3 is 6.18 Å². The highest BCUT2D eigenvalue weighted by atomic mass is 19.4. The topological polar surface area (TPSA) is 44.0 Å². The first kappa shape index (κ1) is 15.8. The van der Waals surface area contributed by atoms with Crippen molar-refractivity contribution >= 4 is 0 Å². The second-order valence-corrected chi connectivity index (χ2v) is 5.71. The van der Waals surface area contributed by atoms with Crippen LogP contribution in [0.3, 0.4) is 0 Å². The van der Waals surface area contributed by atoms with Crippen molar-refractivity contribution in [1.82, 2.24) is 0 Å². The number of hydrogen-bond donors (Lipinski definition) is 1. The maximum Gasteiger partial charge on any atom is 0.416 e. The molecule has 0 saturated heterocycles. The number of hydrogen-bond acceptors (Lipinski definition) is 2. The molecule has 21 heavy (non-hydrogen) atoms. The zero-order chi connectivity index (χ0) is 15.5. The molecular formula is C16H18F3NO. The predicted molar refractivity (Wildman–Crippen MR) is 72.2 cm³/mol. The molecular weight excluding hydrogens is 279 g/mol. The molecule has 1 N–H and O–H groups in total. The Morgan fingerprint density at radius 2 is 1.76 bits per heavy atom. The first-order valence-electron chi connectivity index (χ1n) is 7.15. The average molecular weight is 297 g/mol. The second-order valence-electron chi connectivity index (χ2n) is 5.71. The van der Waals surface area contributed by atoms with Crippen LogP contribution in [0.25, 0.3) is 0 Å². The summed E-state index contributed by atoms with van der Waals surface area (Å²) in [6.45, 7) is 0. The molecule has 114 valence electrons. The zero-order valence-electron chi connectivity index (χ0n) is 11.7. The summed E-state index contributed by atoms with van der Waals surface area (Å²) in [5.74, 6) is 0. The maximum absolute atomic E-state index is 12.8. The lowest BCUT2D eigenvalue weighted by molar-refractivity contribution is -0.137. The predicted octanol–water partition coefficient (Wildman–Crippen LogP) is 4.60. The SMILES string of the molecule is N#CC1(C(O)c2cccc(C(F)(F)F)c2)CCCCCC1. The molecule has 5 heteroatoms. The third-order valence-electron chi connectivity index (χ3n) is 4.27. The van der Waals surface area contributed by atoms with Crippen LogP contribution < -0.4 is 0 Å². The number of aliphatic hydroxyl groups is 1. The molecule has 1 unspecified atom stereocenters. The van der Waals surface area contributed by atoms with Crippen molar-refractivity contribution in [2.45, 2.75) is 50.8 Å². The fraction of sp³-hybridized carbons (Fsp3) is 0.562. The summed E-state index contributed by atoms with van der Waals surface area (Å²) in [7, 11) is 0. The molecule has 1 saturated carbocycles. The number of rotatable bonds is 2. The smallest absolute Gasteiger partial charge is 0.387 e. The molecule has 1 aromatic carbocycles. The number of aliphatic hydroxyl groups excluding tert-OH is 1. The Morgan fingerprint density at radius 1 is 1.14 bits per heavy atom. The van der Waals surface area contributed by atoms with Crippen molar-refractivity contribution in [1.29, 1.82) is 5.26 Å². The quantitative estimate of drug-likeness (QED) is 0.810. The van der Waals surface area contributed by atoms with Gasteiger partial charge in [0.15, 0.2) is 0 Å². The van der Waals surface area contributed by atoms with Crippen LogP contribution in [-0.2, 0) is 6.18 Å². The summed E-state index contributed by atoms with van der Waals surface area (Å²) in [6.07, 6.45) is -0.922. The van der Waals surface area contributed by atoms with Crippen molar-refractivity contribution in [2.24, 2.45) is 5.41 Å². The third kappa shape index (κ3) is 3.38. The Labute approximate surface area is 122 Å². The summed E-state index contributed by atoms with van der Waals surface area (Å²) in [5.41, 5.74) is -1.59. The third-order valence-corrected chi connectivity index (χ3v) is 4.27. The number of nitrogens with zero attached hydrogens (tertiary/aromatic N) is 1. The van der Waals surface area contributed by atoms with Crippen molar-refractivity contribution in [2.75, 3.05) is 0 Å². The molecule has 0 bridgehead atoms. The van der Waals surface area contributed by atoms with Gasteiger partial charge in [-0.05, 0) is 30.5 Å². The van der Waals surface area contributed by atoms with E-state index in [0.717, 1.165) is 37.8 Å². The van der Waals surface area contributed by atoms with Crippen molar-refractivity contribution in [3.05, 3.63) is 35.4 Å². The van der Waals surface area contributed by atoms with E-state index in [1.165, 1.54) is 12.1 Å². The van der Waals surface area contributed by atoms with E-state index >= 15 is 0 Å². The molecule has 0 aromatic heterocycles. The minimum atomic E-state index is -4.45. The van der Waals surface area contributed by atoms with E-state index < -0.39 is 23.3 Å². The Bertz CT molecular complexity index is 525. The number of halogens is 3. The van der Waals surface area contributed by atoms with Gasteiger partial charge < -0.3 is 5.11 Å². The van der Waals surface area contributed by atoms with Crippen molar-refractivity contribution in [3.8, 4) is 6.07 Å². The van der Waals surface area contributed by atoms with Gasteiger partial charge in [-0.15, -0.1) is 0 Å². The first-order chi connectivity index (χ1) is 9.89. The van der Waals surface area contributed by atoms with Gasteiger partial charge in [0, 0.05) is 0 Å². The summed E-state index contributed by atoms with van der Waals surface area (Å²) in [4.78, 5) is 0. The Balaban J connectivity index is 2.34. The molecule has 0 radical (unpaired) electrons. The second kappa shape index (κ2) is 6.07. The standard InChI is InChI=1S/C16H18F3NO/c17-16(18,19)13-7-5-6-12(10-13)14(21)15(11-20)8-3-1-2-4-9-15/h5-7,10,14,21H,1-4,8-9H2. The molecule has 2 nitrogen and oxygen atoms in total. The molecule has 0 heterocycles. The first-order valence-corrected chi connectivity index (χ1v) is 7.15. The maximum atomic E-state index is 12.8. The highest BCUT2D eigenvalue weighted by Gasteiger charge is 2.40. The average Bonchev–Trinajstić information content (AvgIpc) is 2.72. The lowest BCUT2D eigenvalue weighted by atomic mass is 9.74. The molecule has 2 rings (SSSR count). The van der Waals surface area contributed by atoms with Crippen molar-refractivity contribution < 1.29 is 18.3 Å². The van der Waals surface area contributed by atoms with Gasteiger partial charge in [-0.2, -0.15) is 18.4 Å². The van der Waals surface area contributed by atoms with E-state index in [9.17, 15) is 23.5 Å². The van der Waals surface area contributed by atoms with Gasteiger partial charge in [-0.1, -0.05) is 37.8 Å². The monoisotopic (exact) mass is 297 g/mol. The largest absolute Gasteiger partial charge is 0.416 e. The molecule has 1 aliphatic rings. The van der Waals surface area contributed by atoms with E-state index in [1.807, 2.05) is 0 Å². The minimum Gasteiger partial charge on any atom is -0.387 e. The van der Waals surface area contributed by atoms with Crippen LogP contribution in [0.5, 0.6) is 0 Å². The van der Waals surface area contributed by atoms with E-state index in [0.29, 0.717) is 12.8 Å². The van der Waals surface area contributed by atoms with Crippen LogP contribution in [0.15, 0.2) is 24.3 Å². The van der Waals surface area contributed by atoms with Crippen LogP contribution in [0.4, 0.5) is 13.2 Å². The number of nitriles is 1. The molecule has 0 spiro atoms. The molecule has 1 fully saturated rings. The molecule has 0 amide bonds. The van der Waals surface area contributed by atoms with Crippen LogP contribution in [-0.4, -0.2) is 5.11 Å². The molecule has 1 aliphatic carbocycles. The Morgan fingerprint density at radius 3 is 2.29 bits per heavy atom. The molecule has 1 atom stereocenters. The molecule has 0 aliphatic heterocycles. The van der Waals surface area contributed by atoms with Crippen LogP contribution >= 0.6 is 0 Å². The number of benzene rings is 1. The van der Waals surface area contributed by atoms with Crippen LogP contribution in [0.2, 0.25) is 0 Å². The summed E-state index contributed by atoms with van der Waals surface area (Å²) < 4.78 is 38.3. The van der Waals surface area contributed by atoms with E-state index in [2.05, 4.69) is 6.07 Å². The zero-order valence-corrected chi connectivity index (χ0v) is 11.7. The lowest BCUT2D eigenvalue weighted by Crippen LogP contribution is -2.27. The van der Waals surface area contributed by atoms with Crippen LogP contribution in [0.1, 0.15) is 55.8 Å². The highest BCUT2D eigenvalue weighted by molar-refractivity contribution is 5.30. The van der Waals surface area contributed by atoms with E-state index in [-0.39, 0.29) is 5.56 Å². The highest BCUT2D eigenvalue weighted by Crippen LogP contribution is 2.45. The van der Waals surface area contributed by atoms with Crippen LogP contribution in [0, 0.1) is 16.7 Å². The molecule has 1 aromatic rings. The summed E-state index contributed by atoms with van der Waals surface area (Å²) in [6, 6.07) is 6.85.